The molecular weight excluding hydrogens is 272 g/mol. The fraction of sp³-hybridized carbons (Fsp3) is 0.632. The molecule has 1 unspecified atom stereocenters. The molecule has 0 heterocycles. The second-order valence-corrected chi connectivity index (χ2v) is 6.57. The SMILES string of the molecule is CCNCc1ccccc1NC(=O)C(C)CC1CCCCC1. The molecule has 0 radical (unpaired) electrons. The minimum Gasteiger partial charge on any atom is -0.326 e. The van der Waals surface area contributed by atoms with Crippen LogP contribution in [0.2, 0.25) is 0 Å². The van der Waals surface area contributed by atoms with Crippen molar-refractivity contribution in [2.75, 3.05) is 11.9 Å². The van der Waals surface area contributed by atoms with Gasteiger partial charge in [-0.1, -0.05) is 64.2 Å². The first kappa shape index (κ1) is 17.0. The van der Waals surface area contributed by atoms with Crippen LogP contribution in [-0.4, -0.2) is 12.5 Å². The van der Waals surface area contributed by atoms with Crippen LogP contribution in [-0.2, 0) is 11.3 Å². The van der Waals surface area contributed by atoms with Gasteiger partial charge < -0.3 is 10.6 Å². The number of para-hydroxylation sites is 1. The molecule has 0 aliphatic heterocycles. The number of rotatable bonds is 7. The number of anilines is 1. The average Bonchev–Trinajstić information content (AvgIpc) is 2.55. The Kier molecular flexibility index (Phi) is 6.91. The van der Waals surface area contributed by atoms with Crippen LogP contribution in [0.5, 0.6) is 0 Å². The number of amides is 1. The Bertz CT molecular complexity index is 466. The summed E-state index contributed by atoms with van der Waals surface area (Å²) in [7, 11) is 0. The molecule has 2 rings (SSSR count). The molecule has 1 amide bonds. The zero-order valence-corrected chi connectivity index (χ0v) is 14.0. The first-order valence-corrected chi connectivity index (χ1v) is 8.80. The fourth-order valence-corrected chi connectivity index (χ4v) is 3.34. The van der Waals surface area contributed by atoms with Gasteiger partial charge >= 0.3 is 0 Å². The second kappa shape index (κ2) is 8.94. The molecule has 1 saturated carbocycles. The van der Waals surface area contributed by atoms with E-state index in [2.05, 4.69) is 30.5 Å². The van der Waals surface area contributed by atoms with Gasteiger partial charge in [-0.25, -0.2) is 0 Å². The second-order valence-electron chi connectivity index (χ2n) is 6.57. The molecule has 0 spiro atoms. The predicted molar refractivity (Wildman–Crippen MR) is 92.8 cm³/mol. The summed E-state index contributed by atoms with van der Waals surface area (Å²) >= 11 is 0. The van der Waals surface area contributed by atoms with Crippen molar-refractivity contribution in [3.05, 3.63) is 29.8 Å². The van der Waals surface area contributed by atoms with E-state index < -0.39 is 0 Å². The summed E-state index contributed by atoms with van der Waals surface area (Å²) < 4.78 is 0. The molecule has 1 aromatic rings. The highest BCUT2D eigenvalue weighted by molar-refractivity contribution is 5.93. The van der Waals surface area contributed by atoms with E-state index in [1.807, 2.05) is 18.2 Å². The molecule has 122 valence electrons. The summed E-state index contributed by atoms with van der Waals surface area (Å²) in [4.78, 5) is 12.5. The molecule has 1 atom stereocenters. The maximum atomic E-state index is 12.5. The summed E-state index contributed by atoms with van der Waals surface area (Å²) in [6.45, 7) is 5.88. The summed E-state index contributed by atoms with van der Waals surface area (Å²) in [6, 6.07) is 8.08. The van der Waals surface area contributed by atoms with Crippen molar-refractivity contribution < 1.29 is 4.79 Å². The third-order valence-electron chi connectivity index (χ3n) is 4.70. The largest absolute Gasteiger partial charge is 0.326 e. The molecule has 3 heteroatoms. The van der Waals surface area contributed by atoms with E-state index in [0.717, 1.165) is 36.7 Å². The van der Waals surface area contributed by atoms with Gasteiger partial charge in [-0.2, -0.15) is 0 Å². The Balaban J connectivity index is 1.90. The van der Waals surface area contributed by atoms with Gasteiger partial charge in [0, 0.05) is 18.2 Å². The zero-order valence-electron chi connectivity index (χ0n) is 14.0. The van der Waals surface area contributed by atoms with Crippen molar-refractivity contribution in [1.29, 1.82) is 0 Å². The standard InChI is InChI=1S/C19H30N2O/c1-3-20-14-17-11-7-8-12-18(17)21-19(22)15(2)13-16-9-5-4-6-10-16/h7-8,11-12,15-16,20H,3-6,9-10,13-14H2,1-2H3,(H,21,22). The van der Waals surface area contributed by atoms with E-state index >= 15 is 0 Å². The molecule has 22 heavy (non-hydrogen) atoms. The minimum absolute atomic E-state index is 0.0929. The van der Waals surface area contributed by atoms with E-state index in [1.165, 1.54) is 32.1 Å². The smallest absolute Gasteiger partial charge is 0.227 e. The lowest BCUT2D eigenvalue weighted by molar-refractivity contribution is -0.120. The van der Waals surface area contributed by atoms with Crippen LogP contribution in [0.25, 0.3) is 0 Å². The number of nitrogens with one attached hydrogen (secondary N) is 2. The highest BCUT2D eigenvalue weighted by Gasteiger charge is 2.21. The molecular formula is C19H30N2O. The van der Waals surface area contributed by atoms with Crippen LogP contribution in [0.4, 0.5) is 5.69 Å². The highest BCUT2D eigenvalue weighted by Crippen LogP contribution is 2.29. The zero-order chi connectivity index (χ0) is 15.8. The first-order chi connectivity index (χ1) is 10.7. The Hall–Kier alpha value is -1.35. The van der Waals surface area contributed by atoms with Crippen LogP contribution in [0.15, 0.2) is 24.3 Å². The number of benzene rings is 1. The summed E-state index contributed by atoms with van der Waals surface area (Å²) in [5.74, 6) is 0.997. The minimum atomic E-state index is 0.0929. The molecule has 3 nitrogen and oxygen atoms in total. The summed E-state index contributed by atoms with van der Waals surface area (Å²) in [5.41, 5.74) is 2.10. The lowest BCUT2D eigenvalue weighted by Gasteiger charge is -2.24. The highest BCUT2D eigenvalue weighted by atomic mass is 16.1. The van der Waals surface area contributed by atoms with Crippen molar-refractivity contribution in [2.24, 2.45) is 11.8 Å². The summed E-state index contributed by atoms with van der Waals surface area (Å²) in [5, 5.41) is 6.45. The van der Waals surface area contributed by atoms with Crippen molar-refractivity contribution in [3.63, 3.8) is 0 Å². The topological polar surface area (TPSA) is 41.1 Å². The van der Waals surface area contributed by atoms with Gasteiger partial charge in [0.2, 0.25) is 5.91 Å². The normalized spacial score (nSPS) is 17.2. The van der Waals surface area contributed by atoms with E-state index in [1.54, 1.807) is 0 Å². The van der Waals surface area contributed by atoms with E-state index in [0.29, 0.717) is 0 Å². The van der Waals surface area contributed by atoms with Gasteiger partial charge in [0.25, 0.3) is 0 Å². The lowest BCUT2D eigenvalue weighted by atomic mass is 9.83. The van der Waals surface area contributed by atoms with Gasteiger partial charge in [-0.15, -0.1) is 0 Å². The third-order valence-corrected chi connectivity index (χ3v) is 4.70. The van der Waals surface area contributed by atoms with Crippen molar-refractivity contribution in [2.45, 2.75) is 58.9 Å². The number of hydrogen-bond acceptors (Lipinski definition) is 2. The maximum Gasteiger partial charge on any atom is 0.227 e. The van der Waals surface area contributed by atoms with Gasteiger partial charge in [0.05, 0.1) is 0 Å². The van der Waals surface area contributed by atoms with Crippen molar-refractivity contribution in [3.8, 4) is 0 Å². The molecule has 1 aromatic carbocycles. The van der Waals surface area contributed by atoms with E-state index in [-0.39, 0.29) is 11.8 Å². The van der Waals surface area contributed by atoms with Gasteiger partial charge in [0.15, 0.2) is 0 Å². The Morgan fingerprint density at radius 3 is 2.68 bits per heavy atom. The maximum absolute atomic E-state index is 12.5. The molecule has 1 aliphatic rings. The van der Waals surface area contributed by atoms with Crippen LogP contribution in [0.3, 0.4) is 0 Å². The molecule has 1 aliphatic carbocycles. The van der Waals surface area contributed by atoms with Crippen LogP contribution in [0.1, 0.15) is 57.9 Å². The van der Waals surface area contributed by atoms with Gasteiger partial charge in [-0.05, 0) is 30.5 Å². The number of carbonyl (C=O) groups is 1. The van der Waals surface area contributed by atoms with Crippen LogP contribution >= 0.6 is 0 Å². The number of carbonyl (C=O) groups excluding carboxylic acids is 1. The van der Waals surface area contributed by atoms with Gasteiger partial charge in [-0.3, -0.25) is 4.79 Å². The Labute approximate surface area is 134 Å². The third kappa shape index (κ3) is 5.13. The molecule has 2 N–H and O–H groups in total. The Morgan fingerprint density at radius 1 is 1.23 bits per heavy atom. The average molecular weight is 302 g/mol. The van der Waals surface area contributed by atoms with Crippen LogP contribution < -0.4 is 10.6 Å². The lowest BCUT2D eigenvalue weighted by Crippen LogP contribution is -2.24. The monoisotopic (exact) mass is 302 g/mol. The first-order valence-electron chi connectivity index (χ1n) is 8.80. The van der Waals surface area contributed by atoms with Crippen molar-refractivity contribution in [1.82, 2.24) is 5.32 Å². The Morgan fingerprint density at radius 2 is 1.95 bits per heavy atom. The fourth-order valence-electron chi connectivity index (χ4n) is 3.34. The summed E-state index contributed by atoms with van der Waals surface area (Å²) in [6.07, 6.45) is 7.67. The van der Waals surface area contributed by atoms with E-state index in [9.17, 15) is 4.79 Å². The van der Waals surface area contributed by atoms with Gasteiger partial charge in [0.1, 0.15) is 0 Å². The molecule has 0 saturated heterocycles. The van der Waals surface area contributed by atoms with E-state index in [4.69, 9.17) is 0 Å². The molecule has 1 fully saturated rings. The molecule has 0 aromatic heterocycles. The van der Waals surface area contributed by atoms with Crippen molar-refractivity contribution >= 4 is 11.6 Å². The quantitative estimate of drug-likeness (QED) is 0.786. The number of hydrogen-bond donors (Lipinski definition) is 2. The molecule has 0 bridgehead atoms. The predicted octanol–water partition coefficient (Wildman–Crippen LogP) is 4.34. The van der Waals surface area contributed by atoms with Crippen LogP contribution in [0, 0.1) is 11.8 Å².